The molecule has 4 rings (SSSR count). The Morgan fingerprint density at radius 1 is 1.39 bits per heavy atom. The molecule has 0 bridgehead atoms. The third kappa shape index (κ3) is 3.43. The Balaban J connectivity index is 1.65. The number of aromatic nitrogens is 3. The summed E-state index contributed by atoms with van der Waals surface area (Å²) in [6.07, 6.45) is 3.55. The molecule has 1 aliphatic rings. The number of pyridine rings is 1. The van der Waals surface area contributed by atoms with Crippen molar-refractivity contribution in [3.63, 3.8) is 0 Å². The van der Waals surface area contributed by atoms with E-state index in [4.69, 9.17) is 21.1 Å². The molecule has 1 aromatic carbocycles. The van der Waals surface area contributed by atoms with E-state index >= 15 is 0 Å². The van der Waals surface area contributed by atoms with Crippen molar-refractivity contribution in [2.75, 3.05) is 20.3 Å². The van der Waals surface area contributed by atoms with Crippen molar-refractivity contribution in [3.05, 3.63) is 46.7 Å². The average Bonchev–Trinajstić information content (AvgIpc) is 3.35. The van der Waals surface area contributed by atoms with Gasteiger partial charge in [0.1, 0.15) is 5.75 Å². The van der Waals surface area contributed by atoms with Crippen molar-refractivity contribution in [3.8, 4) is 11.4 Å². The molecule has 3 aromatic rings. The highest BCUT2D eigenvalue weighted by Gasteiger charge is 2.21. The van der Waals surface area contributed by atoms with Crippen LogP contribution in [-0.2, 0) is 4.74 Å². The van der Waals surface area contributed by atoms with E-state index in [1.807, 2.05) is 31.2 Å². The van der Waals surface area contributed by atoms with Crippen LogP contribution in [0.15, 0.2) is 30.5 Å². The second-order valence-electron chi connectivity index (χ2n) is 6.72. The molecule has 1 atom stereocenters. The van der Waals surface area contributed by atoms with Gasteiger partial charge in [-0.15, -0.1) is 0 Å². The molecule has 0 unspecified atom stereocenters. The van der Waals surface area contributed by atoms with Gasteiger partial charge in [0.05, 0.1) is 40.6 Å². The molecule has 28 heavy (non-hydrogen) atoms. The molecule has 0 saturated carbocycles. The molecule has 1 N–H and O–H groups in total. The first-order valence-electron chi connectivity index (χ1n) is 9.16. The molecule has 3 heterocycles. The number of amides is 1. The molecule has 146 valence electrons. The van der Waals surface area contributed by atoms with E-state index in [9.17, 15) is 4.79 Å². The number of nitrogens with zero attached hydrogens (tertiary/aromatic N) is 3. The zero-order valence-electron chi connectivity index (χ0n) is 15.7. The van der Waals surface area contributed by atoms with Gasteiger partial charge in [-0.1, -0.05) is 11.6 Å². The van der Waals surface area contributed by atoms with Crippen LogP contribution in [-0.4, -0.2) is 47.0 Å². The Morgan fingerprint density at radius 2 is 2.18 bits per heavy atom. The van der Waals surface area contributed by atoms with Gasteiger partial charge >= 0.3 is 0 Å². The van der Waals surface area contributed by atoms with Crippen LogP contribution in [0.3, 0.4) is 0 Å². The number of rotatable bonds is 5. The summed E-state index contributed by atoms with van der Waals surface area (Å²) in [4.78, 5) is 17.1. The van der Waals surface area contributed by atoms with Gasteiger partial charge in [-0.25, -0.2) is 9.67 Å². The third-order valence-electron chi connectivity index (χ3n) is 4.88. The predicted octanol–water partition coefficient (Wildman–Crippen LogP) is 3.30. The number of benzene rings is 1. The Morgan fingerprint density at radius 3 is 2.86 bits per heavy atom. The molecule has 1 aliphatic heterocycles. The number of aryl methyl sites for hydroxylation is 1. The summed E-state index contributed by atoms with van der Waals surface area (Å²) in [5.41, 5.74) is 2.48. The lowest BCUT2D eigenvalue weighted by Crippen LogP contribution is -2.32. The van der Waals surface area contributed by atoms with Crippen molar-refractivity contribution in [2.45, 2.75) is 25.9 Å². The molecule has 8 heteroatoms. The minimum Gasteiger partial charge on any atom is -0.497 e. The fourth-order valence-corrected chi connectivity index (χ4v) is 3.73. The minimum atomic E-state index is -0.258. The molecular formula is C20H21ClN4O3. The number of nitrogens with one attached hydrogen (secondary N) is 1. The van der Waals surface area contributed by atoms with E-state index in [-0.39, 0.29) is 12.0 Å². The summed E-state index contributed by atoms with van der Waals surface area (Å²) in [5, 5.41) is 8.47. The summed E-state index contributed by atoms with van der Waals surface area (Å²) in [6, 6.07) is 7.49. The first-order valence-corrected chi connectivity index (χ1v) is 9.54. The van der Waals surface area contributed by atoms with Gasteiger partial charge in [0, 0.05) is 19.3 Å². The number of halogens is 1. The fraction of sp³-hybridized carbons (Fsp3) is 0.350. The van der Waals surface area contributed by atoms with Crippen LogP contribution in [0.2, 0.25) is 5.02 Å². The van der Waals surface area contributed by atoms with Crippen LogP contribution < -0.4 is 10.1 Å². The van der Waals surface area contributed by atoms with E-state index < -0.39 is 0 Å². The molecule has 0 radical (unpaired) electrons. The number of carbonyl (C=O) groups is 1. The number of hydrogen-bond acceptors (Lipinski definition) is 5. The largest absolute Gasteiger partial charge is 0.497 e. The van der Waals surface area contributed by atoms with Crippen LogP contribution in [0.5, 0.6) is 5.75 Å². The minimum absolute atomic E-state index is 0.0685. The summed E-state index contributed by atoms with van der Waals surface area (Å²) in [6.45, 7) is 3.07. The van der Waals surface area contributed by atoms with Crippen molar-refractivity contribution < 1.29 is 14.3 Å². The van der Waals surface area contributed by atoms with Crippen molar-refractivity contribution in [1.29, 1.82) is 0 Å². The quantitative estimate of drug-likeness (QED) is 0.711. The van der Waals surface area contributed by atoms with E-state index in [0.29, 0.717) is 33.9 Å². The zero-order chi connectivity index (χ0) is 19.7. The van der Waals surface area contributed by atoms with E-state index in [1.54, 1.807) is 11.8 Å². The SMILES string of the molecule is COc1ccc(-n2nc(C)c3c(Cl)c(C(=O)NC[C@H]4CCCO4)cnc32)cc1. The Hall–Kier alpha value is -2.64. The second-order valence-corrected chi connectivity index (χ2v) is 7.10. The third-order valence-corrected chi connectivity index (χ3v) is 5.28. The monoisotopic (exact) mass is 400 g/mol. The lowest BCUT2D eigenvalue weighted by Gasteiger charge is -2.11. The second kappa shape index (κ2) is 7.77. The standard InChI is InChI=1S/C20H21ClN4O3/c1-12-17-18(21)16(20(26)23-10-15-4-3-9-28-15)11-22-19(17)25(24-12)13-5-7-14(27-2)8-6-13/h5-8,11,15H,3-4,9-10H2,1-2H3,(H,23,26)/t15-/m1/s1. The average molecular weight is 401 g/mol. The fourth-order valence-electron chi connectivity index (χ4n) is 3.38. The van der Waals surface area contributed by atoms with Gasteiger partial charge in [0.15, 0.2) is 5.65 Å². The number of hydrogen-bond donors (Lipinski definition) is 1. The van der Waals surface area contributed by atoms with Crippen molar-refractivity contribution in [1.82, 2.24) is 20.1 Å². The van der Waals surface area contributed by atoms with Gasteiger partial charge in [-0.05, 0) is 44.0 Å². The zero-order valence-corrected chi connectivity index (χ0v) is 16.5. The summed E-state index contributed by atoms with van der Waals surface area (Å²) in [5.74, 6) is 0.500. The van der Waals surface area contributed by atoms with E-state index in [1.165, 1.54) is 6.20 Å². The first kappa shape index (κ1) is 18.7. The topological polar surface area (TPSA) is 78.3 Å². The summed E-state index contributed by atoms with van der Waals surface area (Å²) in [7, 11) is 1.62. The molecule has 0 spiro atoms. The van der Waals surface area contributed by atoms with Crippen LogP contribution in [0.25, 0.3) is 16.7 Å². The maximum atomic E-state index is 12.6. The number of fused-ring (bicyclic) bond motifs is 1. The highest BCUT2D eigenvalue weighted by atomic mass is 35.5. The van der Waals surface area contributed by atoms with Crippen LogP contribution in [0.1, 0.15) is 28.9 Å². The number of ether oxygens (including phenoxy) is 2. The smallest absolute Gasteiger partial charge is 0.254 e. The van der Waals surface area contributed by atoms with Gasteiger partial charge < -0.3 is 14.8 Å². The van der Waals surface area contributed by atoms with Crippen molar-refractivity contribution >= 4 is 28.5 Å². The summed E-state index contributed by atoms with van der Waals surface area (Å²) >= 11 is 6.58. The maximum absolute atomic E-state index is 12.6. The van der Waals surface area contributed by atoms with E-state index in [0.717, 1.165) is 30.9 Å². The van der Waals surface area contributed by atoms with Crippen molar-refractivity contribution in [2.24, 2.45) is 0 Å². The Kier molecular flexibility index (Phi) is 5.19. The van der Waals surface area contributed by atoms with Gasteiger partial charge in [-0.2, -0.15) is 5.10 Å². The molecule has 1 amide bonds. The molecule has 1 saturated heterocycles. The van der Waals surface area contributed by atoms with E-state index in [2.05, 4.69) is 15.4 Å². The van der Waals surface area contributed by atoms with Crippen LogP contribution in [0.4, 0.5) is 0 Å². The highest BCUT2D eigenvalue weighted by molar-refractivity contribution is 6.38. The van der Waals surface area contributed by atoms with Crippen LogP contribution in [0, 0.1) is 6.92 Å². The van der Waals surface area contributed by atoms with Crippen LogP contribution >= 0.6 is 11.6 Å². The molecule has 1 fully saturated rings. The molecule has 7 nitrogen and oxygen atoms in total. The van der Waals surface area contributed by atoms with Gasteiger partial charge in [0.25, 0.3) is 5.91 Å². The molecular weight excluding hydrogens is 380 g/mol. The highest BCUT2D eigenvalue weighted by Crippen LogP contribution is 2.30. The Bertz CT molecular complexity index is 1010. The first-order chi connectivity index (χ1) is 13.6. The molecule has 2 aromatic heterocycles. The van der Waals surface area contributed by atoms with Gasteiger partial charge in [-0.3, -0.25) is 4.79 Å². The lowest BCUT2D eigenvalue weighted by atomic mass is 10.2. The Labute approximate surface area is 167 Å². The lowest BCUT2D eigenvalue weighted by molar-refractivity contribution is 0.0857. The predicted molar refractivity (Wildman–Crippen MR) is 106 cm³/mol. The number of carbonyl (C=O) groups excluding carboxylic acids is 1. The normalized spacial score (nSPS) is 16.5. The summed E-state index contributed by atoms with van der Waals surface area (Å²) < 4.78 is 12.5. The number of methoxy groups -OCH3 is 1. The maximum Gasteiger partial charge on any atom is 0.254 e. The van der Waals surface area contributed by atoms with Gasteiger partial charge in [0.2, 0.25) is 0 Å². The molecule has 0 aliphatic carbocycles.